The first-order valence-electron chi connectivity index (χ1n) is 9.93. The molecule has 9 heteroatoms. The molecule has 8 nitrogen and oxygen atoms in total. The van der Waals surface area contributed by atoms with Crippen LogP contribution in [0.15, 0.2) is 48.5 Å². The van der Waals surface area contributed by atoms with Gasteiger partial charge in [-0.25, -0.2) is 0 Å². The molecule has 0 aromatic heterocycles. The maximum atomic E-state index is 12.3. The molecule has 2 aromatic carbocycles. The van der Waals surface area contributed by atoms with Crippen molar-refractivity contribution in [3.05, 3.63) is 59.1 Å². The van der Waals surface area contributed by atoms with E-state index in [-0.39, 0.29) is 24.6 Å². The number of likely N-dealkylation sites (N-methyl/N-ethyl adjacent to an activating group) is 1. The molecular weight excluding hydrogens is 420 g/mol. The Balaban J connectivity index is 1.44. The Bertz CT molecular complexity index is 929. The van der Waals surface area contributed by atoms with Crippen molar-refractivity contribution in [3.8, 4) is 0 Å². The Morgan fingerprint density at radius 3 is 2.42 bits per heavy atom. The van der Waals surface area contributed by atoms with Crippen molar-refractivity contribution in [2.45, 2.75) is 0 Å². The van der Waals surface area contributed by atoms with Gasteiger partial charge in [0.1, 0.15) is 0 Å². The minimum Gasteiger partial charge on any atom is -0.378 e. The molecular formula is C22H25ClN4O4. The highest BCUT2D eigenvalue weighted by Gasteiger charge is 2.16. The topological polar surface area (TPSA) is 91.0 Å². The third-order valence-electron chi connectivity index (χ3n) is 4.85. The summed E-state index contributed by atoms with van der Waals surface area (Å²) in [6.07, 6.45) is 0. The van der Waals surface area contributed by atoms with E-state index >= 15 is 0 Å². The zero-order valence-electron chi connectivity index (χ0n) is 17.3. The predicted molar refractivity (Wildman–Crippen MR) is 120 cm³/mol. The van der Waals surface area contributed by atoms with E-state index in [4.69, 9.17) is 16.3 Å². The molecule has 3 amide bonds. The summed E-state index contributed by atoms with van der Waals surface area (Å²) in [5.41, 5.74) is 2.01. The van der Waals surface area contributed by atoms with Gasteiger partial charge in [0.25, 0.3) is 5.91 Å². The van der Waals surface area contributed by atoms with E-state index in [0.717, 1.165) is 18.8 Å². The van der Waals surface area contributed by atoms with Crippen molar-refractivity contribution in [1.82, 2.24) is 10.2 Å². The van der Waals surface area contributed by atoms with Crippen molar-refractivity contribution in [2.24, 2.45) is 0 Å². The van der Waals surface area contributed by atoms with Crippen molar-refractivity contribution in [2.75, 3.05) is 56.7 Å². The van der Waals surface area contributed by atoms with Gasteiger partial charge < -0.3 is 25.2 Å². The van der Waals surface area contributed by atoms with E-state index in [1.165, 1.54) is 11.9 Å². The number of ether oxygens (including phenoxy) is 1. The second kappa shape index (κ2) is 10.8. The summed E-state index contributed by atoms with van der Waals surface area (Å²) in [5, 5.41) is 5.60. The Morgan fingerprint density at radius 2 is 1.74 bits per heavy atom. The van der Waals surface area contributed by atoms with E-state index in [1.807, 2.05) is 24.3 Å². The smallest absolute Gasteiger partial charge is 0.253 e. The van der Waals surface area contributed by atoms with E-state index in [0.29, 0.717) is 23.9 Å². The fourth-order valence-corrected chi connectivity index (χ4v) is 3.33. The number of hydrogen-bond acceptors (Lipinski definition) is 5. The number of halogens is 1. The summed E-state index contributed by atoms with van der Waals surface area (Å²) in [6.45, 7) is 2.72. The first-order valence-corrected chi connectivity index (χ1v) is 10.3. The Morgan fingerprint density at radius 1 is 1.06 bits per heavy atom. The Hall–Kier alpha value is -3.10. The Labute approximate surface area is 186 Å². The average molecular weight is 445 g/mol. The molecule has 0 atom stereocenters. The van der Waals surface area contributed by atoms with Crippen LogP contribution in [0.1, 0.15) is 10.4 Å². The fourth-order valence-electron chi connectivity index (χ4n) is 3.11. The minimum absolute atomic E-state index is 0.133. The molecule has 0 spiro atoms. The number of carbonyl (C=O) groups excluding carboxylic acids is 3. The van der Waals surface area contributed by atoms with Crippen LogP contribution >= 0.6 is 11.6 Å². The van der Waals surface area contributed by atoms with Gasteiger partial charge in [-0.15, -0.1) is 0 Å². The summed E-state index contributed by atoms with van der Waals surface area (Å²) in [4.78, 5) is 40.2. The van der Waals surface area contributed by atoms with Gasteiger partial charge in [-0.1, -0.05) is 23.7 Å². The molecule has 0 unspecified atom stereocenters. The van der Waals surface area contributed by atoms with E-state index in [1.54, 1.807) is 24.3 Å². The minimum atomic E-state index is -0.447. The van der Waals surface area contributed by atoms with Crippen LogP contribution in [-0.4, -0.2) is 69.1 Å². The third-order valence-corrected chi connectivity index (χ3v) is 5.18. The maximum absolute atomic E-state index is 12.3. The maximum Gasteiger partial charge on any atom is 0.253 e. The van der Waals surface area contributed by atoms with Gasteiger partial charge in [-0.2, -0.15) is 0 Å². The molecule has 1 aliphatic heterocycles. The van der Waals surface area contributed by atoms with Crippen molar-refractivity contribution < 1.29 is 19.1 Å². The third kappa shape index (κ3) is 6.44. The lowest BCUT2D eigenvalue weighted by Crippen LogP contribution is -2.41. The van der Waals surface area contributed by atoms with Crippen LogP contribution in [-0.2, 0) is 14.3 Å². The summed E-state index contributed by atoms with van der Waals surface area (Å²) >= 11 is 5.98. The van der Waals surface area contributed by atoms with Gasteiger partial charge in [-0.3, -0.25) is 14.4 Å². The standard InChI is InChI=1S/C22H25ClN4O4/c1-26(21(29)14-24-22(30)18-4-2-3-5-19(18)23)15-20(28)25-16-6-8-17(9-7-16)27-10-12-31-13-11-27/h2-9H,10-15H2,1H3,(H,24,30)(H,25,28). The number of nitrogens with zero attached hydrogens (tertiary/aromatic N) is 2. The number of amides is 3. The van der Waals surface area contributed by atoms with Crippen LogP contribution in [0.25, 0.3) is 0 Å². The number of nitrogens with one attached hydrogen (secondary N) is 2. The molecule has 0 radical (unpaired) electrons. The summed E-state index contributed by atoms with van der Waals surface area (Å²) in [7, 11) is 1.51. The van der Waals surface area contributed by atoms with E-state index in [2.05, 4.69) is 15.5 Å². The summed E-state index contributed by atoms with van der Waals surface area (Å²) in [5.74, 6) is -1.16. The van der Waals surface area contributed by atoms with E-state index < -0.39 is 11.8 Å². The van der Waals surface area contributed by atoms with Gasteiger partial charge in [-0.05, 0) is 36.4 Å². The predicted octanol–water partition coefficient (Wildman–Crippen LogP) is 2.00. The normalized spacial score (nSPS) is 13.4. The lowest BCUT2D eigenvalue weighted by Gasteiger charge is -2.28. The van der Waals surface area contributed by atoms with Crippen LogP contribution in [0.2, 0.25) is 5.02 Å². The van der Waals surface area contributed by atoms with Crippen LogP contribution in [0.5, 0.6) is 0 Å². The fraction of sp³-hybridized carbons (Fsp3) is 0.318. The number of anilines is 2. The number of rotatable bonds is 7. The highest BCUT2D eigenvalue weighted by Crippen LogP contribution is 2.19. The summed E-state index contributed by atoms with van der Waals surface area (Å²) in [6, 6.07) is 14.1. The molecule has 1 heterocycles. The largest absolute Gasteiger partial charge is 0.378 e. The van der Waals surface area contributed by atoms with Crippen LogP contribution in [0, 0.1) is 0 Å². The molecule has 0 aliphatic carbocycles. The molecule has 0 bridgehead atoms. The zero-order chi connectivity index (χ0) is 22.2. The molecule has 2 N–H and O–H groups in total. The Kier molecular flexibility index (Phi) is 7.86. The monoisotopic (exact) mass is 444 g/mol. The lowest BCUT2D eigenvalue weighted by atomic mass is 10.2. The molecule has 1 saturated heterocycles. The molecule has 1 fully saturated rings. The number of carbonyl (C=O) groups is 3. The first kappa shape index (κ1) is 22.6. The average Bonchev–Trinajstić information content (AvgIpc) is 2.78. The molecule has 2 aromatic rings. The van der Waals surface area contributed by atoms with Gasteiger partial charge in [0.15, 0.2) is 0 Å². The highest BCUT2D eigenvalue weighted by atomic mass is 35.5. The second-order valence-corrected chi connectivity index (χ2v) is 7.51. The van der Waals surface area contributed by atoms with Crippen LogP contribution in [0.3, 0.4) is 0 Å². The number of morpholine rings is 1. The molecule has 0 saturated carbocycles. The van der Waals surface area contributed by atoms with Gasteiger partial charge in [0, 0.05) is 31.5 Å². The van der Waals surface area contributed by atoms with Crippen LogP contribution < -0.4 is 15.5 Å². The number of hydrogen-bond donors (Lipinski definition) is 2. The van der Waals surface area contributed by atoms with Gasteiger partial charge in [0.05, 0.1) is 36.9 Å². The SMILES string of the molecule is CN(CC(=O)Nc1ccc(N2CCOCC2)cc1)C(=O)CNC(=O)c1ccccc1Cl. The zero-order valence-corrected chi connectivity index (χ0v) is 18.0. The van der Waals surface area contributed by atoms with Crippen molar-refractivity contribution in [3.63, 3.8) is 0 Å². The van der Waals surface area contributed by atoms with Crippen molar-refractivity contribution in [1.29, 1.82) is 0 Å². The second-order valence-electron chi connectivity index (χ2n) is 7.11. The van der Waals surface area contributed by atoms with Crippen molar-refractivity contribution >= 4 is 40.7 Å². The van der Waals surface area contributed by atoms with Crippen LogP contribution in [0.4, 0.5) is 11.4 Å². The first-order chi connectivity index (χ1) is 14.9. The highest BCUT2D eigenvalue weighted by molar-refractivity contribution is 6.33. The summed E-state index contributed by atoms with van der Waals surface area (Å²) < 4.78 is 5.35. The molecule has 1 aliphatic rings. The number of benzene rings is 2. The molecule has 3 rings (SSSR count). The lowest BCUT2D eigenvalue weighted by molar-refractivity contribution is -0.132. The molecule has 31 heavy (non-hydrogen) atoms. The van der Waals surface area contributed by atoms with Gasteiger partial charge >= 0.3 is 0 Å². The molecule has 164 valence electrons. The quantitative estimate of drug-likeness (QED) is 0.681. The van der Waals surface area contributed by atoms with Gasteiger partial charge in [0.2, 0.25) is 11.8 Å². The van der Waals surface area contributed by atoms with E-state index in [9.17, 15) is 14.4 Å².